The molecule has 2 heteroatoms. The van der Waals surface area contributed by atoms with Crippen molar-refractivity contribution in [1.82, 2.24) is 0 Å². The van der Waals surface area contributed by atoms with Crippen LogP contribution in [0.25, 0.3) is 0 Å². The quantitative estimate of drug-likeness (QED) is 0.519. The fourth-order valence-corrected chi connectivity index (χ4v) is 5.37. The van der Waals surface area contributed by atoms with E-state index >= 15 is 0 Å². The van der Waals surface area contributed by atoms with E-state index in [1.165, 1.54) is 37.7 Å². The van der Waals surface area contributed by atoms with Crippen molar-refractivity contribution in [1.29, 1.82) is 0 Å². The van der Waals surface area contributed by atoms with Crippen LogP contribution < -0.4 is 0 Å². The molecule has 2 unspecified atom stereocenters. The van der Waals surface area contributed by atoms with Crippen molar-refractivity contribution in [3.05, 3.63) is 12.2 Å². The average Bonchev–Trinajstić information content (AvgIpc) is 2.37. The van der Waals surface area contributed by atoms with Gasteiger partial charge in [0.2, 0.25) is 0 Å². The Kier molecular flexibility index (Phi) is 4.85. The maximum absolute atomic E-state index is 10.5. The molecule has 0 heterocycles. The van der Waals surface area contributed by atoms with Gasteiger partial charge in [-0.15, -0.1) is 0 Å². The van der Waals surface area contributed by atoms with E-state index in [9.17, 15) is 4.79 Å². The van der Waals surface area contributed by atoms with Gasteiger partial charge in [-0.3, -0.25) is 4.79 Å². The third-order valence-corrected chi connectivity index (χ3v) is 6.47. The molecule has 0 aromatic rings. The topological polar surface area (TPSA) is 26.3 Å². The number of allylic oxidation sites excluding steroid dienone is 1. The Labute approximate surface area is 130 Å². The monoisotopic (exact) mass is 292 g/mol. The predicted octanol–water partition coefficient (Wildman–Crippen LogP) is 5.13. The van der Waals surface area contributed by atoms with Crippen LogP contribution in [0.2, 0.25) is 0 Å². The van der Waals surface area contributed by atoms with Crippen molar-refractivity contribution in [3.63, 3.8) is 0 Å². The van der Waals surface area contributed by atoms with Gasteiger partial charge in [-0.25, -0.2) is 0 Å². The van der Waals surface area contributed by atoms with Crippen molar-refractivity contribution in [2.24, 2.45) is 22.7 Å². The van der Waals surface area contributed by atoms with Crippen molar-refractivity contribution < 1.29 is 9.53 Å². The second kappa shape index (κ2) is 6.14. The zero-order valence-electron chi connectivity index (χ0n) is 14.3. The Balaban J connectivity index is 2.13. The normalized spacial score (nSPS) is 36.7. The molecular formula is C19H32O2. The molecule has 2 nitrogen and oxygen atoms in total. The van der Waals surface area contributed by atoms with Gasteiger partial charge in [0, 0.05) is 0 Å². The van der Waals surface area contributed by atoms with E-state index in [4.69, 9.17) is 4.74 Å². The number of hydrogen-bond acceptors (Lipinski definition) is 2. The van der Waals surface area contributed by atoms with Gasteiger partial charge in [0.05, 0.1) is 6.10 Å². The highest BCUT2D eigenvalue weighted by Crippen LogP contribution is 2.61. The van der Waals surface area contributed by atoms with E-state index < -0.39 is 0 Å². The van der Waals surface area contributed by atoms with Gasteiger partial charge in [-0.05, 0) is 68.1 Å². The molecule has 2 aliphatic rings. The van der Waals surface area contributed by atoms with Gasteiger partial charge in [-0.1, -0.05) is 39.3 Å². The van der Waals surface area contributed by atoms with Crippen LogP contribution in [0.3, 0.4) is 0 Å². The van der Waals surface area contributed by atoms with Crippen LogP contribution in [0, 0.1) is 22.7 Å². The largest absolute Gasteiger partial charge is 0.465 e. The number of carbonyl (C=O) groups is 1. The van der Waals surface area contributed by atoms with Gasteiger partial charge in [0.1, 0.15) is 0 Å². The van der Waals surface area contributed by atoms with Crippen LogP contribution in [0.1, 0.15) is 72.6 Å². The van der Waals surface area contributed by atoms with Crippen molar-refractivity contribution in [3.8, 4) is 0 Å². The molecule has 4 atom stereocenters. The maximum atomic E-state index is 10.5. The van der Waals surface area contributed by atoms with Gasteiger partial charge in [0.25, 0.3) is 6.47 Å². The minimum Gasteiger partial charge on any atom is -0.465 e. The standard InChI is InChI=1S/C19H32O2/c1-14-7-10-17-18(3,4)11-6-12-19(17,5)16(14)9-8-15(2)21-13-20/h13,15-17H,1,6-12H2,2-5H3/t15?,16-,17?,19+/m0/s1. The van der Waals surface area contributed by atoms with E-state index in [0.717, 1.165) is 18.8 Å². The smallest absolute Gasteiger partial charge is 0.293 e. The molecule has 120 valence electrons. The minimum absolute atomic E-state index is 0.0240. The summed E-state index contributed by atoms with van der Waals surface area (Å²) >= 11 is 0. The summed E-state index contributed by atoms with van der Waals surface area (Å²) in [6, 6.07) is 0. The summed E-state index contributed by atoms with van der Waals surface area (Å²) in [5, 5.41) is 0. The van der Waals surface area contributed by atoms with Crippen LogP contribution in [-0.2, 0) is 9.53 Å². The molecule has 0 saturated heterocycles. The van der Waals surface area contributed by atoms with Gasteiger partial charge in [0.15, 0.2) is 0 Å². The predicted molar refractivity (Wildman–Crippen MR) is 86.9 cm³/mol. The first-order chi connectivity index (χ1) is 9.81. The first kappa shape index (κ1) is 16.6. The number of hydrogen-bond donors (Lipinski definition) is 0. The molecule has 21 heavy (non-hydrogen) atoms. The lowest BCUT2D eigenvalue weighted by Crippen LogP contribution is -2.49. The van der Waals surface area contributed by atoms with Crippen molar-refractivity contribution >= 4 is 6.47 Å². The number of rotatable bonds is 5. The Hall–Kier alpha value is -0.790. The van der Waals surface area contributed by atoms with Crippen molar-refractivity contribution in [2.45, 2.75) is 78.7 Å². The second-order valence-corrected chi connectivity index (χ2v) is 8.27. The Morgan fingerprint density at radius 2 is 2.10 bits per heavy atom. The first-order valence-electron chi connectivity index (χ1n) is 8.58. The molecule has 0 aromatic carbocycles. The lowest BCUT2D eigenvalue weighted by molar-refractivity contribution is -0.133. The molecule has 0 radical (unpaired) electrons. The second-order valence-electron chi connectivity index (χ2n) is 8.27. The lowest BCUT2D eigenvalue weighted by Gasteiger charge is -2.58. The molecule has 2 aliphatic carbocycles. The minimum atomic E-state index is 0.0240. The number of carbonyl (C=O) groups excluding carboxylic acids is 1. The van der Waals surface area contributed by atoms with E-state index in [2.05, 4.69) is 27.4 Å². The molecule has 0 aliphatic heterocycles. The zero-order chi connectivity index (χ0) is 15.7. The van der Waals surface area contributed by atoms with Gasteiger partial charge >= 0.3 is 0 Å². The van der Waals surface area contributed by atoms with Gasteiger partial charge in [-0.2, -0.15) is 0 Å². The molecule has 0 N–H and O–H groups in total. The number of ether oxygens (including phenoxy) is 1. The molecule has 0 aromatic heterocycles. The summed E-state index contributed by atoms with van der Waals surface area (Å²) in [5.74, 6) is 1.39. The summed E-state index contributed by atoms with van der Waals surface area (Å²) in [6.07, 6.45) is 8.59. The highest BCUT2D eigenvalue weighted by Gasteiger charge is 2.52. The number of fused-ring (bicyclic) bond motifs is 1. The summed E-state index contributed by atoms with van der Waals surface area (Å²) in [5.41, 5.74) is 2.28. The first-order valence-corrected chi connectivity index (χ1v) is 8.58. The molecule has 2 fully saturated rings. The van der Waals surface area contributed by atoms with Crippen LogP contribution in [0.15, 0.2) is 12.2 Å². The molecule has 2 saturated carbocycles. The highest BCUT2D eigenvalue weighted by atomic mass is 16.5. The van der Waals surface area contributed by atoms with E-state index in [0.29, 0.717) is 23.2 Å². The fourth-order valence-electron chi connectivity index (χ4n) is 5.37. The van der Waals surface area contributed by atoms with E-state index in [1.54, 1.807) is 0 Å². The third-order valence-electron chi connectivity index (χ3n) is 6.47. The summed E-state index contributed by atoms with van der Waals surface area (Å²) in [7, 11) is 0. The molecule has 0 amide bonds. The molecule has 0 bridgehead atoms. The summed E-state index contributed by atoms with van der Waals surface area (Å²) in [4.78, 5) is 10.5. The third kappa shape index (κ3) is 3.19. The SMILES string of the molecule is C=C1CCC2C(C)(C)CCC[C@]2(C)[C@H]1CCC(C)OC=O. The zero-order valence-corrected chi connectivity index (χ0v) is 14.3. The van der Waals surface area contributed by atoms with Crippen LogP contribution in [-0.4, -0.2) is 12.6 Å². The molecule has 2 rings (SSSR count). The van der Waals surface area contributed by atoms with Crippen LogP contribution in [0.5, 0.6) is 0 Å². The summed E-state index contributed by atoms with van der Waals surface area (Å²) < 4.78 is 5.07. The Morgan fingerprint density at radius 1 is 1.38 bits per heavy atom. The Morgan fingerprint density at radius 3 is 2.76 bits per heavy atom. The van der Waals surface area contributed by atoms with Crippen molar-refractivity contribution in [2.75, 3.05) is 0 Å². The van der Waals surface area contributed by atoms with E-state index in [-0.39, 0.29) is 6.10 Å². The molecule has 0 spiro atoms. The lowest BCUT2D eigenvalue weighted by atomic mass is 9.47. The molecular weight excluding hydrogens is 260 g/mol. The Bertz CT molecular complexity index is 398. The van der Waals surface area contributed by atoms with Gasteiger partial charge < -0.3 is 4.74 Å². The average molecular weight is 292 g/mol. The van der Waals surface area contributed by atoms with Crippen LogP contribution >= 0.6 is 0 Å². The van der Waals surface area contributed by atoms with Crippen LogP contribution in [0.4, 0.5) is 0 Å². The fraction of sp³-hybridized carbons (Fsp3) is 0.842. The van der Waals surface area contributed by atoms with E-state index in [1.807, 2.05) is 6.92 Å². The summed E-state index contributed by atoms with van der Waals surface area (Å²) in [6.45, 7) is 14.4. The highest BCUT2D eigenvalue weighted by molar-refractivity contribution is 5.37. The maximum Gasteiger partial charge on any atom is 0.293 e.